The summed E-state index contributed by atoms with van der Waals surface area (Å²) in [6.45, 7) is 3.79. The van der Waals surface area contributed by atoms with Gasteiger partial charge in [-0.2, -0.15) is 10.1 Å². The van der Waals surface area contributed by atoms with Gasteiger partial charge in [0.2, 0.25) is 0 Å². The molecule has 3 aromatic heterocycles. The van der Waals surface area contributed by atoms with E-state index in [1.165, 1.54) is 10.6 Å². The Labute approximate surface area is 234 Å². The molecule has 0 saturated carbocycles. The molecule has 11 heteroatoms. The average Bonchev–Trinajstić information content (AvgIpc) is 3.33. The average molecular weight is 563 g/mol. The number of nitrogens with zero attached hydrogens (tertiary/aromatic N) is 5. The Hall–Kier alpha value is -3.99. The fourth-order valence-corrected chi connectivity index (χ4v) is 5.25. The first-order valence-corrected chi connectivity index (χ1v) is 13.4. The number of benzene rings is 2. The van der Waals surface area contributed by atoms with Gasteiger partial charge in [-0.1, -0.05) is 17.7 Å². The Balaban J connectivity index is 1.52. The van der Waals surface area contributed by atoms with E-state index in [1.54, 1.807) is 36.0 Å². The molecule has 40 heavy (non-hydrogen) atoms. The molecule has 206 valence electrons. The highest BCUT2D eigenvalue weighted by atomic mass is 35.5. The van der Waals surface area contributed by atoms with Gasteiger partial charge in [-0.3, -0.25) is 18.9 Å². The van der Waals surface area contributed by atoms with Crippen LogP contribution in [0.5, 0.6) is 5.88 Å². The molecule has 1 fully saturated rings. The van der Waals surface area contributed by atoms with E-state index < -0.39 is 5.82 Å². The zero-order valence-corrected chi connectivity index (χ0v) is 22.9. The van der Waals surface area contributed by atoms with Crippen molar-refractivity contribution in [3.8, 4) is 22.7 Å². The maximum atomic E-state index is 15.5. The van der Waals surface area contributed by atoms with Crippen LogP contribution < -0.4 is 15.6 Å². The van der Waals surface area contributed by atoms with E-state index in [0.717, 1.165) is 24.0 Å². The lowest BCUT2D eigenvalue weighted by molar-refractivity contribution is 0.0317. The first kappa shape index (κ1) is 26.2. The van der Waals surface area contributed by atoms with E-state index in [0.29, 0.717) is 52.7 Å². The van der Waals surface area contributed by atoms with Crippen molar-refractivity contribution >= 4 is 39.2 Å². The van der Waals surface area contributed by atoms with E-state index in [4.69, 9.17) is 21.1 Å². The highest BCUT2D eigenvalue weighted by molar-refractivity contribution is 6.30. The summed E-state index contributed by atoms with van der Waals surface area (Å²) in [5.74, 6) is -0.768. The Morgan fingerprint density at radius 3 is 2.65 bits per heavy atom. The third-order valence-corrected chi connectivity index (χ3v) is 7.32. The first-order valence-electron chi connectivity index (χ1n) is 13.0. The van der Waals surface area contributed by atoms with Gasteiger partial charge in [0.25, 0.3) is 11.4 Å². The molecule has 5 aromatic rings. The van der Waals surface area contributed by atoms with Gasteiger partial charge in [0.1, 0.15) is 6.61 Å². The standard InChI is InChI=1S/C29H28ClFN6O3/c1-32-26-22-16-23(31)28(40-14-11-36-9-12-39-13-10-36)33-27(22)37(21-6-4-20(30)5-7-21)29(38)25(26)18-3-8-24-19(15-18)17-35(2)34-24/h3-8,15-17,32H,9-14H2,1-2H3. The fraction of sp³-hybridized carbons (Fsp3) is 0.276. The predicted molar refractivity (Wildman–Crippen MR) is 154 cm³/mol. The van der Waals surface area contributed by atoms with Crippen molar-refractivity contribution in [2.24, 2.45) is 7.05 Å². The summed E-state index contributed by atoms with van der Waals surface area (Å²) < 4.78 is 29.9. The Kier molecular flexibility index (Phi) is 7.14. The van der Waals surface area contributed by atoms with E-state index in [9.17, 15) is 4.79 Å². The second-order valence-corrected chi connectivity index (χ2v) is 10.1. The molecule has 9 nitrogen and oxygen atoms in total. The monoisotopic (exact) mass is 562 g/mol. The molecule has 4 heterocycles. The Bertz CT molecular complexity index is 1760. The summed E-state index contributed by atoms with van der Waals surface area (Å²) in [6.07, 6.45) is 1.89. The summed E-state index contributed by atoms with van der Waals surface area (Å²) in [7, 11) is 3.55. The van der Waals surface area contributed by atoms with Crippen LogP contribution in [0.3, 0.4) is 0 Å². The number of hydrogen-bond acceptors (Lipinski definition) is 7. The molecule has 1 N–H and O–H groups in total. The number of ether oxygens (including phenoxy) is 2. The number of hydrogen-bond donors (Lipinski definition) is 1. The third-order valence-electron chi connectivity index (χ3n) is 7.06. The number of rotatable bonds is 7. The van der Waals surface area contributed by atoms with E-state index in [-0.39, 0.29) is 23.7 Å². The Morgan fingerprint density at radius 1 is 1.12 bits per heavy atom. The number of pyridine rings is 2. The van der Waals surface area contributed by atoms with Crippen molar-refractivity contribution in [1.82, 2.24) is 24.2 Å². The third kappa shape index (κ3) is 4.90. The van der Waals surface area contributed by atoms with Crippen LogP contribution in [-0.4, -0.2) is 70.7 Å². The van der Waals surface area contributed by atoms with Crippen LogP contribution in [0.4, 0.5) is 10.1 Å². The maximum Gasteiger partial charge on any atom is 0.266 e. The molecule has 1 aliphatic heterocycles. The summed E-state index contributed by atoms with van der Waals surface area (Å²) >= 11 is 6.15. The molecule has 0 radical (unpaired) electrons. The molecule has 0 unspecified atom stereocenters. The van der Waals surface area contributed by atoms with Gasteiger partial charge in [-0.05, 0) is 48.0 Å². The minimum Gasteiger partial charge on any atom is -0.474 e. The van der Waals surface area contributed by atoms with Gasteiger partial charge in [-0.15, -0.1) is 0 Å². The largest absolute Gasteiger partial charge is 0.474 e. The van der Waals surface area contributed by atoms with Crippen molar-refractivity contribution < 1.29 is 13.9 Å². The number of nitrogens with one attached hydrogen (secondary N) is 1. The quantitative estimate of drug-likeness (QED) is 0.313. The van der Waals surface area contributed by atoms with Crippen LogP contribution in [0.15, 0.2) is 59.5 Å². The van der Waals surface area contributed by atoms with Crippen molar-refractivity contribution in [1.29, 1.82) is 0 Å². The van der Waals surface area contributed by atoms with Crippen molar-refractivity contribution in [3.63, 3.8) is 0 Å². The Morgan fingerprint density at radius 2 is 1.90 bits per heavy atom. The van der Waals surface area contributed by atoms with Crippen molar-refractivity contribution in [3.05, 3.63) is 75.9 Å². The van der Waals surface area contributed by atoms with E-state index in [1.807, 2.05) is 31.4 Å². The zero-order valence-electron chi connectivity index (χ0n) is 22.2. The van der Waals surface area contributed by atoms with Gasteiger partial charge in [0.15, 0.2) is 11.5 Å². The molecule has 2 aromatic carbocycles. The maximum absolute atomic E-state index is 15.5. The minimum absolute atomic E-state index is 0.158. The number of halogens is 2. The summed E-state index contributed by atoms with van der Waals surface area (Å²) in [5, 5.41) is 9.42. The van der Waals surface area contributed by atoms with Crippen LogP contribution in [0, 0.1) is 5.82 Å². The van der Waals surface area contributed by atoms with Crippen LogP contribution in [0.1, 0.15) is 0 Å². The topological polar surface area (TPSA) is 86.4 Å². The summed E-state index contributed by atoms with van der Waals surface area (Å²) in [6, 6.07) is 13.9. The SMILES string of the molecule is CNc1c(-c2ccc3nn(C)cc3c2)c(=O)n(-c2ccc(Cl)cc2)c2nc(OCCN3CCOCC3)c(F)cc12. The normalized spacial score (nSPS) is 14.2. The van der Waals surface area contributed by atoms with Crippen LogP contribution >= 0.6 is 11.6 Å². The van der Waals surface area contributed by atoms with Crippen molar-refractivity contribution in [2.45, 2.75) is 0 Å². The molecule has 0 amide bonds. The lowest BCUT2D eigenvalue weighted by atomic mass is 10.0. The van der Waals surface area contributed by atoms with Gasteiger partial charge >= 0.3 is 0 Å². The number of anilines is 1. The number of morpholine rings is 1. The highest BCUT2D eigenvalue weighted by Crippen LogP contribution is 2.35. The van der Waals surface area contributed by atoms with E-state index >= 15 is 4.39 Å². The van der Waals surface area contributed by atoms with Crippen molar-refractivity contribution in [2.75, 3.05) is 51.8 Å². The number of fused-ring (bicyclic) bond motifs is 2. The molecular weight excluding hydrogens is 535 g/mol. The molecule has 0 spiro atoms. The molecular formula is C29H28ClFN6O3. The summed E-state index contributed by atoms with van der Waals surface area (Å²) in [5.41, 5.74) is 2.83. The number of aromatic nitrogens is 4. The van der Waals surface area contributed by atoms with Gasteiger partial charge in [-0.25, -0.2) is 4.39 Å². The van der Waals surface area contributed by atoms with E-state index in [2.05, 4.69) is 20.3 Å². The highest BCUT2D eigenvalue weighted by Gasteiger charge is 2.23. The van der Waals surface area contributed by atoms with Gasteiger partial charge < -0.3 is 14.8 Å². The van der Waals surface area contributed by atoms with Crippen LogP contribution in [-0.2, 0) is 11.8 Å². The fourth-order valence-electron chi connectivity index (χ4n) is 5.13. The lowest BCUT2D eigenvalue weighted by Crippen LogP contribution is -2.38. The second kappa shape index (κ2) is 10.9. The molecule has 0 aliphatic carbocycles. The van der Waals surface area contributed by atoms with Crippen LogP contribution in [0.2, 0.25) is 5.02 Å². The van der Waals surface area contributed by atoms with Crippen LogP contribution in [0.25, 0.3) is 38.8 Å². The van der Waals surface area contributed by atoms with Gasteiger partial charge in [0.05, 0.1) is 35.7 Å². The molecule has 1 saturated heterocycles. The number of aryl methyl sites for hydroxylation is 1. The molecule has 0 bridgehead atoms. The smallest absolute Gasteiger partial charge is 0.266 e. The minimum atomic E-state index is -0.610. The first-order chi connectivity index (χ1) is 19.4. The van der Waals surface area contributed by atoms with Gasteiger partial charge in [0, 0.05) is 55.7 Å². The second-order valence-electron chi connectivity index (χ2n) is 9.64. The molecule has 1 aliphatic rings. The lowest BCUT2D eigenvalue weighted by Gasteiger charge is -2.26. The summed E-state index contributed by atoms with van der Waals surface area (Å²) in [4.78, 5) is 21.0. The predicted octanol–water partition coefficient (Wildman–Crippen LogP) is 4.48. The zero-order chi connectivity index (χ0) is 27.8. The molecule has 6 rings (SSSR count). The molecule has 0 atom stereocenters.